The standard InChI is InChI=1S/C27H18BrNO5/c28-18-10-8-17(9-11-18)25(30)23-24(22-7-4-16-33-22)29(27(32)26(23)31)19-12-14-21(15-13-19)34-20-5-2-1-3-6-20/h1-16,24,30H/b25-23-. The number of anilines is 1. The zero-order valence-corrected chi connectivity index (χ0v) is 19.3. The van der Waals surface area contributed by atoms with E-state index in [0.717, 1.165) is 4.47 Å². The van der Waals surface area contributed by atoms with Crippen LogP contribution < -0.4 is 9.64 Å². The number of nitrogens with zero attached hydrogens (tertiary/aromatic N) is 1. The number of halogens is 1. The number of hydrogen-bond donors (Lipinski definition) is 1. The Hall–Kier alpha value is -4.10. The highest BCUT2D eigenvalue weighted by Crippen LogP contribution is 2.42. The fraction of sp³-hybridized carbons (Fsp3) is 0.0370. The molecule has 0 aliphatic carbocycles. The van der Waals surface area contributed by atoms with E-state index in [9.17, 15) is 14.7 Å². The summed E-state index contributed by atoms with van der Waals surface area (Å²) in [4.78, 5) is 27.6. The molecule has 0 bridgehead atoms. The Morgan fingerprint density at radius 2 is 1.53 bits per heavy atom. The van der Waals surface area contributed by atoms with Gasteiger partial charge in [-0.15, -0.1) is 0 Å². The lowest BCUT2D eigenvalue weighted by Crippen LogP contribution is -2.29. The summed E-state index contributed by atoms with van der Waals surface area (Å²) >= 11 is 3.36. The Morgan fingerprint density at radius 1 is 0.853 bits per heavy atom. The van der Waals surface area contributed by atoms with Gasteiger partial charge in [0, 0.05) is 15.7 Å². The third-order valence-electron chi connectivity index (χ3n) is 5.47. The minimum Gasteiger partial charge on any atom is -0.507 e. The van der Waals surface area contributed by atoms with E-state index in [1.165, 1.54) is 11.2 Å². The molecule has 1 fully saturated rings. The highest BCUT2D eigenvalue weighted by Gasteiger charge is 2.48. The molecule has 2 heterocycles. The first-order valence-corrected chi connectivity index (χ1v) is 11.3. The molecule has 5 rings (SSSR count). The lowest BCUT2D eigenvalue weighted by molar-refractivity contribution is -0.132. The number of hydrogen-bond acceptors (Lipinski definition) is 5. The van der Waals surface area contributed by atoms with Gasteiger partial charge in [0.25, 0.3) is 11.7 Å². The Bertz CT molecular complexity index is 1360. The maximum Gasteiger partial charge on any atom is 0.300 e. The summed E-state index contributed by atoms with van der Waals surface area (Å²) in [6.45, 7) is 0. The minimum absolute atomic E-state index is 0.0353. The predicted molar refractivity (Wildman–Crippen MR) is 131 cm³/mol. The fourth-order valence-corrected chi connectivity index (χ4v) is 4.14. The number of furan rings is 1. The van der Waals surface area contributed by atoms with Gasteiger partial charge in [-0.25, -0.2) is 0 Å². The van der Waals surface area contributed by atoms with Crippen LogP contribution in [0.5, 0.6) is 11.5 Å². The molecular formula is C27H18BrNO5. The van der Waals surface area contributed by atoms with Crippen molar-refractivity contribution in [3.63, 3.8) is 0 Å². The van der Waals surface area contributed by atoms with Gasteiger partial charge in [-0.3, -0.25) is 14.5 Å². The highest BCUT2D eigenvalue weighted by atomic mass is 79.9. The average molecular weight is 516 g/mol. The molecule has 3 aromatic carbocycles. The number of amides is 1. The van der Waals surface area contributed by atoms with Gasteiger partial charge in [-0.05, 0) is 60.7 Å². The van der Waals surface area contributed by atoms with Gasteiger partial charge in [0.2, 0.25) is 0 Å². The lowest BCUT2D eigenvalue weighted by Gasteiger charge is -2.23. The normalized spacial score (nSPS) is 17.2. The molecule has 1 unspecified atom stereocenters. The lowest BCUT2D eigenvalue weighted by atomic mass is 9.99. The van der Waals surface area contributed by atoms with E-state index in [1.54, 1.807) is 60.7 Å². The zero-order valence-electron chi connectivity index (χ0n) is 17.7. The van der Waals surface area contributed by atoms with Crippen molar-refractivity contribution < 1.29 is 23.8 Å². The first-order valence-electron chi connectivity index (χ1n) is 10.5. The van der Waals surface area contributed by atoms with E-state index < -0.39 is 17.7 Å². The van der Waals surface area contributed by atoms with Crippen LogP contribution in [0.4, 0.5) is 5.69 Å². The summed E-state index contributed by atoms with van der Waals surface area (Å²) in [5.41, 5.74) is 0.856. The number of benzene rings is 3. The number of para-hydroxylation sites is 1. The zero-order chi connectivity index (χ0) is 23.7. The molecule has 1 saturated heterocycles. The Balaban J connectivity index is 1.55. The Kier molecular flexibility index (Phi) is 5.77. The van der Waals surface area contributed by atoms with Crippen LogP contribution >= 0.6 is 15.9 Å². The largest absolute Gasteiger partial charge is 0.507 e. The van der Waals surface area contributed by atoms with Gasteiger partial charge >= 0.3 is 0 Å². The first-order chi connectivity index (χ1) is 16.5. The molecule has 7 heteroatoms. The van der Waals surface area contributed by atoms with Crippen molar-refractivity contribution in [2.45, 2.75) is 6.04 Å². The van der Waals surface area contributed by atoms with Crippen LogP contribution in [0.15, 0.2) is 112 Å². The molecule has 1 N–H and O–H groups in total. The first kappa shape index (κ1) is 21.7. The molecule has 168 valence electrons. The molecule has 6 nitrogen and oxygen atoms in total. The molecule has 1 aliphatic rings. The number of ketones is 1. The molecule has 1 atom stereocenters. The average Bonchev–Trinajstić information content (AvgIpc) is 3.47. The number of Topliss-reactive ketones (excluding diaryl/α,β-unsaturated/α-hetero) is 1. The molecule has 34 heavy (non-hydrogen) atoms. The van der Waals surface area contributed by atoms with Gasteiger partial charge < -0.3 is 14.3 Å². The SMILES string of the molecule is O=C1C(=O)N(c2ccc(Oc3ccccc3)cc2)C(c2ccco2)/C1=C(/O)c1ccc(Br)cc1. The van der Waals surface area contributed by atoms with Crippen LogP contribution in [0.25, 0.3) is 5.76 Å². The maximum absolute atomic E-state index is 13.1. The molecular weight excluding hydrogens is 498 g/mol. The Labute approximate surface area is 203 Å². The van der Waals surface area contributed by atoms with Gasteiger partial charge in [0.15, 0.2) is 0 Å². The van der Waals surface area contributed by atoms with Crippen molar-refractivity contribution in [1.82, 2.24) is 0 Å². The summed E-state index contributed by atoms with van der Waals surface area (Å²) in [7, 11) is 0. The summed E-state index contributed by atoms with van der Waals surface area (Å²) in [5.74, 6) is -0.179. The van der Waals surface area contributed by atoms with Crippen molar-refractivity contribution in [2.75, 3.05) is 4.90 Å². The van der Waals surface area contributed by atoms with E-state index in [2.05, 4.69) is 15.9 Å². The van der Waals surface area contributed by atoms with E-state index >= 15 is 0 Å². The topological polar surface area (TPSA) is 80.0 Å². The van der Waals surface area contributed by atoms with Crippen molar-refractivity contribution in [1.29, 1.82) is 0 Å². The van der Waals surface area contributed by atoms with Crippen LogP contribution in [0, 0.1) is 0 Å². The maximum atomic E-state index is 13.1. The van der Waals surface area contributed by atoms with Gasteiger partial charge in [0.1, 0.15) is 29.1 Å². The second-order valence-corrected chi connectivity index (χ2v) is 8.52. The van der Waals surface area contributed by atoms with Crippen LogP contribution in [0.3, 0.4) is 0 Å². The van der Waals surface area contributed by atoms with E-state index in [-0.39, 0.29) is 11.3 Å². The van der Waals surface area contributed by atoms with E-state index in [1.807, 2.05) is 30.3 Å². The van der Waals surface area contributed by atoms with Crippen molar-refractivity contribution in [3.05, 3.63) is 119 Å². The summed E-state index contributed by atoms with van der Waals surface area (Å²) in [5, 5.41) is 11.0. The molecule has 0 saturated carbocycles. The third kappa shape index (κ3) is 4.02. The number of carbonyl (C=O) groups is 2. The van der Waals surface area contributed by atoms with Gasteiger partial charge in [-0.2, -0.15) is 0 Å². The number of aliphatic hydroxyl groups excluding tert-OH is 1. The molecule has 0 spiro atoms. The number of rotatable bonds is 5. The molecule has 1 aliphatic heterocycles. The smallest absolute Gasteiger partial charge is 0.300 e. The molecule has 0 radical (unpaired) electrons. The van der Waals surface area contributed by atoms with Crippen LogP contribution in [-0.4, -0.2) is 16.8 Å². The summed E-state index contributed by atoms with van der Waals surface area (Å²) in [6, 6.07) is 25.4. The van der Waals surface area contributed by atoms with Crippen LogP contribution in [0.2, 0.25) is 0 Å². The summed E-state index contributed by atoms with van der Waals surface area (Å²) < 4.78 is 12.2. The van der Waals surface area contributed by atoms with Crippen LogP contribution in [0.1, 0.15) is 17.4 Å². The van der Waals surface area contributed by atoms with E-state index in [4.69, 9.17) is 9.15 Å². The molecule has 1 amide bonds. The second kappa shape index (κ2) is 9.03. The highest BCUT2D eigenvalue weighted by molar-refractivity contribution is 9.10. The second-order valence-electron chi connectivity index (χ2n) is 7.60. The number of ether oxygens (including phenoxy) is 1. The molecule has 1 aromatic heterocycles. The van der Waals surface area contributed by atoms with Gasteiger partial charge in [-0.1, -0.05) is 46.3 Å². The minimum atomic E-state index is -0.917. The molecule has 4 aromatic rings. The van der Waals surface area contributed by atoms with Crippen LogP contribution in [-0.2, 0) is 9.59 Å². The van der Waals surface area contributed by atoms with Gasteiger partial charge in [0.05, 0.1) is 11.8 Å². The van der Waals surface area contributed by atoms with E-state index in [0.29, 0.717) is 28.5 Å². The summed E-state index contributed by atoms with van der Waals surface area (Å²) in [6.07, 6.45) is 1.46. The van der Waals surface area contributed by atoms with Crippen molar-refractivity contribution >= 4 is 39.1 Å². The quantitative estimate of drug-likeness (QED) is 0.187. The predicted octanol–water partition coefficient (Wildman–Crippen LogP) is 6.46. The van der Waals surface area contributed by atoms with Crippen molar-refractivity contribution in [2.24, 2.45) is 0 Å². The Morgan fingerprint density at radius 3 is 2.18 bits per heavy atom. The number of aliphatic hydroxyl groups is 1. The van der Waals surface area contributed by atoms with Crippen molar-refractivity contribution in [3.8, 4) is 11.5 Å². The fourth-order valence-electron chi connectivity index (χ4n) is 3.88. The monoisotopic (exact) mass is 515 g/mol. The third-order valence-corrected chi connectivity index (χ3v) is 6.00. The number of carbonyl (C=O) groups excluding carboxylic acids is 2.